The van der Waals surface area contributed by atoms with Gasteiger partial charge in [0.25, 0.3) is 0 Å². The van der Waals surface area contributed by atoms with Gasteiger partial charge < -0.3 is 10.5 Å². The molecule has 4 nitrogen and oxygen atoms in total. The third-order valence-corrected chi connectivity index (χ3v) is 4.41. The second kappa shape index (κ2) is 6.96. The molecule has 5 heteroatoms. The molecule has 0 heterocycles. The van der Waals surface area contributed by atoms with Gasteiger partial charge in [0, 0.05) is 10.9 Å². The summed E-state index contributed by atoms with van der Waals surface area (Å²) in [6.45, 7) is 1.93. The molecule has 0 unspecified atom stereocenters. The molecule has 1 atom stereocenters. The van der Waals surface area contributed by atoms with E-state index < -0.39 is 17.3 Å². The zero-order valence-electron chi connectivity index (χ0n) is 13.0. The molecule has 2 aromatic rings. The van der Waals surface area contributed by atoms with Crippen molar-refractivity contribution in [1.82, 2.24) is 0 Å². The minimum Gasteiger partial charge on any atom is -0.468 e. The molecule has 0 aliphatic rings. The Morgan fingerprint density at radius 3 is 2.13 bits per heavy atom. The number of methoxy groups -OCH3 is 1. The summed E-state index contributed by atoms with van der Waals surface area (Å²) in [6, 6.07) is 14.6. The molecule has 0 aliphatic heterocycles. The molecule has 0 spiro atoms. The van der Waals surface area contributed by atoms with E-state index in [9.17, 15) is 9.59 Å². The molecule has 23 heavy (non-hydrogen) atoms. The number of amides is 1. The maximum atomic E-state index is 12.5. The van der Waals surface area contributed by atoms with Gasteiger partial charge in [-0.1, -0.05) is 57.9 Å². The van der Waals surface area contributed by atoms with Crippen molar-refractivity contribution in [2.24, 2.45) is 5.73 Å². The van der Waals surface area contributed by atoms with Crippen LogP contribution in [0.3, 0.4) is 0 Å². The summed E-state index contributed by atoms with van der Waals surface area (Å²) < 4.78 is 5.82. The van der Waals surface area contributed by atoms with E-state index in [-0.39, 0.29) is 6.42 Å². The van der Waals surface area contributed by atoms with E-state index in [0.717, 1.165) is 15.6 Å². The van der Waals surface area contributed by atoms with E-state index in [0.29, 0.717) is 5.56 Å². The summed E-state index contributed by atoms with van der Waals surface area (Å²) >= 11 is 3.37. The molecule has 0 radical (unpaired) electrons. The van der Waals surface area contributed by atoms with Crippen LogP contribution in [0.15, 0.2) is 53.0 Å². The van der Waals surface area contributed by atoms with E-state index in [2.05, 4.69) is 15.9 Å². The number of primary amides is 1. The Bertz CT molecular complexity index is 710. The Morgan fingerprint density at radius 1 is 1.09 bits per heavy atom. The molecule has 0 aromatic heterocycles. The number of benzene rings is 2. The fourth-order valence-corrected chi connectivity index (χ4v) is 2.81. The molecular weight excluding hydrogens is 358 g/mol. The van der Waals surface area contributed by atoms with Gasteiger partial charge in [0.05, 0.1) is 7.11 Å². The standard InChI is InChI=1S/C18H18BrNO3/c1-12-3-7-14(8-4-12)18(16(20)21,17(22)23-2)11-13-5-9-15(19)10-6-13/h3-10H,11H2,1-2H3,(H2,20,21)/t18-/m1/s1. The van der Waals surface area contributed by atoms with Crippen LogP contribution in [0.5, 0.6) is 0 Å². The first-order valence-corrected chi connectivity index (χ1v) is 7.89. The quantitative estimate of drug-likeness (QED) is 0.645. The first kappa shape index (κ1) is 17.2. The Labute approximate surface area is 143 Å². The highest BCUT2D eigenvalue weighted by atomic mass is 79.9. The van der Waals surface area contributed by atoms with Crippen molar-refractivity contribution < 1.29 is 14.3 Å². The van der Waals surface area contributed by atoms with Crippen molar-refractivity contribution in [2.75, 3.05) is 7.11 Å². The lowest BCUT2D eigenvalue weighted by atomic mass is 9.74. The first-order chi connectivity index (χ1) is 10.9. The molecule has 2 aromatic carbocycles. The summed E-state index contributed by atoms with van der Waals surface area (Å²) in [7, 11) is 1.26. The Morgan fingerprint density at radius 2 is 1.65 bits per heavy atom. The molecule has 0 fully saturated rings. The minimum absolute atomic E-state index is 0.144. The minimum atomic E-state index is -1.55. The van der Waals surface area contributed by atoms with E-state index in [1.54, 1.807) is 12.1 Å². The highest BCUT2D eigenvalue weighted by molar-refractivity contribution is 9.10. The van der Waals surface area contributed by atoms with Crippen molar-refractivity contribution in [3.05, 3.63) is 69.7 Å². The number of rotatable bonds is 5. The Hall–Kier alpha value is -2.14. The SMILES string of the molecule is COC(=O)[C@@](Cc1ccc(Br)cc1)(C(N)=O)c1ccc(C)cc1. The highest BCUT2D eigenvalue weighted by Crippen LogP contribution is 2.31. The van der Waals surface area contributed by atoms with Crippen molar-refractivity contribution in [1.29, 1.82) is 0 Å². The van der Waals surface area contributed by atoms with E-state index >= 15 is 0 Å². The van der Waals surface area contributed by atoms with Gasteiger partial charge in [-0.15, -0.1) is 0 Å². The largest absolute Gasteiger partial charge is 0.468 e. The lowest BCUT2D eigenvalue weighted by Gasteiger charge is -2.28. The number of hydrogen-bond donors (Lipinski definition) is 1. The predicted molar refractivity (Wildman–Crippen MR) is 91.9 cm³/mol. The summed E-state index contributed by atoms with van der Waals surface area (Å²) in [5.41, 5.74) is 6.48. The van der Waals surface area contributed by atoms with E-state index in [4.69, 9.17) is 10.5 Å². The molecule has 0 saturated heterocycles. The predicted octanol–water partition coefficient (Wildman–Crippen LogP) is 2.90. The highest BCUT2D eigenvalue weighted by Gasteiger charge is 2.47. The van der Waals surface area contributed by atoms with Crippen molar-refractivity contribution in [2.45, 2.75) is 18.8 Å². The summed E-state index contributed by atoms with van der Waals surface area (Å²) in [5.74, 6) is -1.38. The lowest BCUT2D eigenvalue weighted by molar-refractivity contribution is -0.151. The van der Waals surface area contributed by atoms with Gasteiger partial charge in [-0.3, -0.25) is 9.59 Å². The number of esters is 1. The van der Waals surface area contributed by atoms with E-state index in [1.165, 1.54) is 7.11 Å². The molecule has 1 amide bonds. The third kappa shape index (κ3) is 3.45. The maximum Gasteiger partial charge on any atom is 0.326 e. The van der Waals surface area contributed by atoms with Crippen LogP contribution in [-0.4, -0.2) is 19.0 Å². The van der Waals surface area contributed by atoms with Crippen molar-refractivity contribution in [3.63, 3.8) is 0 Å². The van der Waals surface area contributed by atoms with Gasteiger partial charge in [-0.2, -0.15) is 0 Å². The number of ether oxygens (including phenoxy) is 1. The fourth-order valence-electron chi connectivity index (χ4n) is 2.54. The molecular formula is C18H18BrNO3. The molecule has 2 rings (SSSR count). The topological polar surface area (TPSA) is 69.4 Å². The fraction of sp³-hybridized carbons (Fsp3) is 0.222. The van der Waals surface area contributed by atoms with Crippen LogP contribution < -0.4 is 5.73 Å². The van der Waals surface area contributed by atoms with Gasteiger partial charge >= 0.3 is 5.97 Å². The van der Waals surface area contributed by atoms with Crippen molar-refractivity contribution in [3.8, 4) is 0 Å². The number of halogens is 1. The monoisotopic (exact) mass is 375 g/mol. The van der Waals surface area contributed by atoms with Gasteiger partial charge in [-0.25, -0.2) is 0 Å². The van der Waals surface area contributed by atoms with Crippen LogP contribution in [0.25, 0.3) is 0 Å². The molecule has 0 saturated carbocycles. The molecule has 120 valence electrons. The van der Waals surface area contributed by atoms with Crippen LogP contribution in [0.1, 0.15) is 16.7 Å². The Kier molecular flexibility index (Phi) is 5.21. The second-order valence-electron chi connectivity index (χ2n) is 5.43. The van der Waals surface area contributed by atoms with Crippen LogP contribution in [0, 0.1) is 6.92 Å². The zero-order valence-corrected chi connectivity index (χ0v) is 14.6. The average molecular weight is 376 g/mol. The zero-order chi connectivity index (χ0) is 17.0. The summed E-state index contributed by atoms with van der Waals surface area (Å²) in [4.78, 5) is 24.8. The van der Waals surface area contributed by atoms with Crippen LogP contribution in [0.4, 0.5) is 0 Å². The normalized spacial score (nSPS) is 13.2. The van der Waals surface area contributed by atoms with Gasteiger partial charge in [0.1, 0.15) is 0 Å². The number of aryl methyl sites for hydroxylation is 1. The molecule has 0 bridgehead atoms. The van der Waals surface area contributed by atoms with Crippen LogP contribution >= 0.6 is 15.9 Å². The first-order valence-electron chi connectivity index (χ1n) is 7.10. The molecule has 2 N–H and O–H groups in total. The number of carbonyl (C=O) groups is 2. The average Bonchev–Trinajstić information content (AvgIpc) is 2.54. The van der Waals surface area contributed by atoms with Crippen molar-refractivity contribution >= 4 is 27.8 Å². The third-order valence-electron chi connectivity index (χ3n) is 3.88. The smallest absolute Gasteiger partial charge is 0.326 e. The number of hydrogen-bond acceptors (Lipinski definition) is 3. The number of nitrogens with two attached hydrogens (primary N) is 1. The van der Waals surface area contributed by atoms with E-state index in [1.807, 2.05) is 43.3 Å². The maximum absolute atomic E-state index is 12.5. The molecule has 0 aliphatic carbocycles. The van der Waals surface area contributed by atoms with Crippen LogP contribution in [-0.2, 0) is 26.2 Å². The Balaban J connectivity index is 2.57. The number of carbonyl (C=O) groups excluding carboxylic acids is 2. The van der Waals surface area contributed by atoms with Crippen LogP contribution in [0.2, 0.25) is 0 Å². The summed E-state index contributed by atoms with van der Waals surface area (Å²) in [5, 5.41) is 0. The summed E-state index contributed by atoms with van der Waals surface area (Å²) in [6.07, 6.45) is 0.144. The van der Waals surface area contributed by atoms with Gasteiger partial charge in [0.15, 0.2) is 5.41 Å². The van der Waals surface area contributed by atoms with Gasteiger partial charge in [0.2, 0.25) is 5.91 Å². The second-order valence-corrected chi connectivity index (χ2v) is 6.35. The van der Waals surface area contributed by atoms with Gasteiger partial charge in [-0.05, 0) is 30.2 Å². The lowest BCUT2D eigenvalue weighted by Crippen LogP contribution is -2.50.